The number of hydrogen-bond donors (Lipinski definition) is 0. The van der Waals surface area contributed by atoms with Crippen LogP contribution in [0.3, 0.4) is 0 Å². The van der Waals surface area contributed by atoms with E-state index in [1.165, 1.54) is 34.1 Å². The summed E-state index contributed by atoms with van der Waals surface area (Å²) in [5.74, 6) is 2.00. The van der Waals surface area contributed by atoms with Crippen molar-refractivity contribution in [2.24, 2.45) is 0 Å². The minimum absolute atomic E-state index is 0.469. The van der Waals surface area contributed by atoms with Crippen LogP contribution < -0.4 is 30.7 Å². The fourth-order valence-corrected chi connectivity index (χ4v) is 9.33. The molecule has 4 rings (SSSR count). The lowest BCUT2D eigenvalue weighted by molar-refractivity contribution is 0.418. The Hall–Kier alpha value is -2.66. The van der Waals surface area contributed by atoms with Crippen LogP contribution in [0.1, 0.15) is 12.8 Å². The smallest absolute Gasteiger partial charge is 0.126 e. The van der Waals surface area contributed by atoms with Crippen molar-refractivity contribution in [1.29, 1.82) is 0 Å². The van der Waals surface area contributed by atoms with Crippen LogP contribution in [-0.4, -0.2) is 26.5 Å². The van der Waals surface area contributed by atoms with Crippen molar-refractivity contribution in [3.8, 4) is 11.5 Å². The van der Waals surface area contributed by atoms with Crippen molar-refractivity contribution in [2.75, 3.05) is 26.5 Å². The molecule has 0 N–H and O–H groups in total. The quantitative estimate of drug-likeness (QED) is 0.190. The fraction of sp³-hybridized carbons (Fsp3) is 0.200. The van der Waals surface area contributed by atoms with E-state index in [9.17, 15) is 0 Å². The van der Waals surface area contributed by atoms with Gasteiger partial charge in [0.25, 0.3) is 0 Å². The van der Waals surface area contributed by atoms with E-state index in [1.807, 2.05) is 0 Å². The Morgan fingerprint density at radius 1 is 0.471 bits per heavy atom. The summed E-state index contributed by atoms with van der Waals surface area (Å²) in [7, 11) is 2.61. The Labute approximate surface area is 206 Å². The third-order valence-electron chi connectivity index (χ3n) is 5.90. The van der Waals surface area contributed by atoms with Gasteiger partial charge < -0.3 is 9.47 Å². The summed E-state index contributed by atoms with van der Waals surface area (Å²) in [6.07, 6.45) is 4.67. The Morgan fingerprint density at radius 2 is 0.824 bits per heavy atom. The maximum atomic E-state index is 5.74. The van der Waals surface area contributed by atoms with Crippen LogP contribution >= 0.6 is 15.8 Å². The van der Waals surface area contributed by atoms with Crippen LogP contribution in [0, 0.1) is 0 Å². The molecule has 4 aromatic carbocycles. The van der Waals surface area contributed by atoms with E-state index in [2.05, 4.69) is 109 Å². The summed E-state index contributed by atoms with van der Waals surface area (Å²) in [6.45, 7) is 0. The van der Waals surface area contributed by atoms with E-state index in [0.717, 1.165) is 23.8 Å². The van der Waals surface area contributed by atoms with Crippen molar-refractivity contribution in [3.05, 3.63) is 109 Å². The molecule has 0 unspecified atom stereocenters. The first-order chi connectivity index (χ1) is 16.8. The molecule has 0 bridgehead atoms. The molecule has 2 nitrogen and oxygen atoms in total. The molecule has 0 saturated heterocycles. The summed E-state index contributed by atoms with van der Waals surface area (Å²) in [5, 5.41) is 5.50. The average Bonchev–Trinajstić information content (AvgIpc) is 2.92. The largest absolute Gasteiger partial charge is 0.496 e. The molecule has 174 valence electrons. The molecule has 0 aliphatic carbocycles. The number of rotatable bonds is 11. The first-order valence-corrected chi connectivity index (χ1v) is 14.8. The van der Waals surface area contributed by atoms with Gasteiger partial charge in [0.15, 0.2) is 0 Å². The molecule has 0 heterocycles. The molecule has 0 fully saturated rings. The lowest BCUT2D eigenvalue weighted by atomic mass is 10.3. The molecule has 2 atom stereocenters. The van der Waals surface area contributed by atoms with E-state index < -0.39 is 15.8 Å². The molecule has 0 aliphatic rings. The zero-order valence-electron chi connectivity index (χ0n) is 19.9. The molecular weight excluding hydrogens is 454 g/mol. The summed E-state index contributed by atoms with van der Waals surface area (Å²) < 4.78 is 11.5. The van der Waals surface area contributed by atoms with Crippen molar-refractivity contribution < 1.29 is 9.47 Å². The normalized spacial score (nSPS) is 12.6. The molecule has 0 aromatic heterocycles. The van der Waals surface area contributed by atoms with Crippen LogP contribution in [0.25, 0.3) is 0 Å². The second-order valence-electron chi connectivity index (χ2n) is 8.03. The Kier molecular flexibility index (Phi) is 9.14. The van der Waals surface area contributed by atoms with Gasteiger partial charge in [-0.1, -0.05) is 97.1 Å². The van der Waals surface area contributed by atoms with E-state index in [1.54, 1.807) is 14.2 Å². The molecule has 34 heavy (non-hydrogen) atoms. The van der Waals surface area contributed by atoms with E-state index in [0.29, 0.717) is 0 Å². The highest BCUT2D eigenvalue weighted by Gasteiger charge is 2.20. The van der Waals surface area contributed by atoms with Gasteiger partial charge in [0.1, 0.15) is 11.5 Å². The summed E-state index contributed by atoms with van der Waals surface area (Å²) in [6, 6.07) is 38.9. The molecule has 0 amide bonds. The molecule has 0 saturated carbocycles. The van der Waals surface area contributed by atoms with E-state index >= 15 is 0 Å². The lowest BCUT2D eigenvalue weighted by Crippen LogP contribution is -2.18. The maximum absolute atomic E-state index is 5.74. The van der Waals surface area contributed by atoms with Gasteiger partial charge in [0, 0.05) is 10.6 Å². The minimum Gasteiger partial charge on any atom is -0.496 e. The molecular formula is C30H32O2P2. The van der Waals surface area contributed by atoms with Gasteiger partial charge in [-0.2, -0.15) is 0 Å². The monoisotopic (exact) mass is 486 g/mol. The van der Waals surface area contributed by atoms with Gasteiger partial charge in [0.2, 0.25) is 0 Å². The second-order valence-corrected chi connectivity index (χ2v) is 12.6. The van der Waals surface area contributed by atoms with Crippen LogP contribution in [0.2, 0.25) is 0 Å². The van der Waals surface area contributed by atoms with Gasteiger partial charge in [-0.25, -0.2) is 0 Å². The van der Waals surface area contributed by atoms with Crippen LogP contribution in [0.5, 0.6) is 11.5 Å². The highest BCUT2D eigenvalue weighted by molar-refractivity contribution is 7.73. The highest BCUT2D eigenvalue weighted by atomic mass is 31.1. The fourth-order valence-electron chi connectivity index (χ4n) is 4.24. The Bertz CT molecular complexity index is 1060. The molecule has 4 heteroatoms. The van der Waals surface area contributed by atoms with Crippen molar-refractivity contribution >= 4 is 37.1 Å². The third-order valence-corrected chi connectivity index (χ3v) is 11.2. The number of unbranched alkanes of at least 4 members (excludes halogenated alkanes) is 1. The summed E-state index contributed by atoms with van der Waals surface area (Å²) in [5.41, 5.74) is 0. The summed E-state index contributed by atoms with van der Waals surface area (Å²) >= 11 is 0. The average molecular weight is 487 g/mol. The van der Waals surface area contributed by atoms with E-state index in [4.69, 9.17) is 9.47 Å². The SMILES string of the molecule is COc1ccccc1[P@](CCCC[P@](c1ccccc1)c1ccccc1OC)c1ccccc1. The first-order valence-electron chi connectivity index (χ1n) is 11.7. The second kappa shape index (κ2) is 12.7. The number of para-hydroxylation sites is 2. The zero-order chi connectivity index (χ0) is 23.6. The van der Waals surface area contributed by atoms with Crippen molar-refractivity contribution in [1.82, 2.24) is 0 Å². The summed E-state index contributed by atoms with van der Waals surface area (Å²) in [4.78, 5) is 0. The molecule has 4 aromatic rings. The van der Waals surface area contributed by atoms with Crippen molar-refractivity contribution in [2.45, 2.75) is 12.8 Å². The van der Waals surface area contributed by atoms with Gasteiger partial charge in [-0.3, -0.25) is 0 Å². The predicted octanol–water partition coefficient (Wildman–Crippen LogP) is 6.05. The molecule has 0 spiro atoms. The lowest BCUT2D eigenvalue weighted by Gasteiger charge is -2.23. The molecule has 0 aliphatic heterocycles. The first kappa shape index (κ1) is 24.5. The van der Waals surface area contributed by atoms with Gasteiger partial charge in [-0.15, -0.1) is 0 Å². The van der Waals surface area contributed by atoms with Crippen LogP contribution in [0.15, 0.2) is 109 Å². The zero-order valence-corrected chi connectivity index (χ0v) is 21.7. The van der Waals surface area contributed by atoms with Gasteiger partial charge in [0.05, 0.1) is 14.2 Å². The number of ether oxygens (including phenoxy) is 2. The predicted molar refractivity (Wildman–Crippen MR) is 150 cm³/mol. The van der Waals surface area contributed by atoms with Gasteiger partial charge in [-0.05, 0) is 63.8 Å². The van der Waals surface area contributed by atoms with E-state index in [-0.39, 0.29) is 0 Å². The number of benzene rings is 4. The van der Waals surface area contributed by atoms with Gasteiger partial charge >= 0.3 is 0 Å². The topological polar surface area (TPSA) is 18.5 Å². The Morgan fingerprint density at radius 3 is 1.21 bits per heavy atom. The maximum Gasteiger partial charge on any atom is 0.126 e. The minimum atomic E-state index is -0.469. The Balaban J connectivity index is 1.52. The van der Waals surface area contributed by atoms with Crippen LogP contribution in [-0.2, 0) is 0 Å². The molecule has 0 radical (unpaired) electrons. The van der Waals surface area contributed by atoms with Crippen LogP contribution in [0.4, 0.5) is 0 Å². The standard InChI is InChI=1S/C30H32O2P2/c1-31-27-19-9-11-21-29(27)33(25-15-5-3-6-16-25)23-13-14-24-34(26-17-7-4-8-18-26)30-22-12-10-20-28(30)32-2/h3-12,15-22H,13-14,23-24H2,1-2H3/t33-,34-/m1/s1. The number of hydrogen-bond acceptors (Lipinski definition) is 2. The number of methoxy groups -OCH3 is 2. The third kappa shape index (κ3) is 6.06. The van der Waals surface area contributed by atoms with Crippen molar-refractivity contribution in [3.63, 3.8) is 0 Å². The highest BCUT2D eigenvalue weighted by Crippen LogP contribution is 2.41.